The minimum absolute atomic E-state index is 0.00403. The molecule has 0 aliphatic carbocycles. The summed E-state index contributed by atoms with van der Waals surface area (Å²) in [7, 11) is 0. The van der Waals surface area contributed by atoms with Crippen molar-refractivity contribution < 1.29 is 9.53 Å². The molecular weight excluding hydrogens is 293 g/mol. The zero-order chi connectivity index (χ0) is 9.97. The number of benzene rings is 1. The van der Waals surface area contributed by atoms with Crippen molar-refractivity contribution in [1.29, 1.82) is 0 Å². The smallest absolute Gasteiger partial charge is 0.246 e. The van der Waals surface area contributed by atoms with Gasteiger partial charge in [0.1, 0.15) is 6.61 Å². The first-order valence-corrected chi connectivity index (χ1v) is 5.47. The summed E-state index contributed by atoms with van der Waals surface area (Å²) in [6.07, 6.45) is 0. The fourth-order valence-corrected chi connectivity index (χ4v) is 2.24. The van der Waals surface area contributed by atoms with Crippen LogP contribution in [-0.4, -0.2) is 19.1 Å². The lowest BCUT2D eigenvalue weighted by molar-refractivity contribution is -0.131. The van der Waals surface area contributed by atoms with E-state index in [0.29, 0.717) is 6.61 Å². The van der Waals surface area contributed by atoms with E-state index in [1.54, 1.807) is 0 Å². The molecule has 1 heterocycles. The standard InChI is InChI=1S/C10H10INO2/c11-8-4-2-1-3-7(8)9-5-14-6-10(13)12-9/h1-4,9H,5-6H2,(H,12,13)/t9-/m0/s1. The van der Waals surface area contributed by atoms with Gasteiger partial charge in [-0.05, 0) is 34.2 Å². The van der Waals surface area contributed by atoms with Crippen LogP contribution in [-0.2, 0) is 9.53 Å². The van der Waals surface area contributed by atoms with E-state index in [-0.39, 0.29) is 18.6 Å². The number of ether oxygens (including phenoxy) is 1. The van der Waals surface area contributed by atoms with Gasteiger partial charge in [0.25, 0.3) is 0 Å². The van der Waals surface area contributed by atoms with Gasteiger partial charge in [-0.2, -0.15) is 0 Å². The number of hydrogen-bond acceptors (Lipinski definition) is 2. The second-order valence-corrected chi connectivity index (χ2v) is 4.32. The largest absolute Gasteiger partial charge is 0.369 e. The summed E-state index contributed by atoms with van der Waals surface area (Å²) >= 11 is 2.26. The van der Waals surface area contributed by atoms with Crippen LogP contribution in [0.3, 0.4) is 0 Å². The molecule has 2 rings (SSSR count). The average molecular weight is 303 g/mol. The lowest BCUT2D eigenvalue weighted by atomic mass is 10.1. The van der Waals surface area contributed by atoms with Crippen LogP contribution in [0.25, 0.3) is 0 Å². The Balaban J connectivity index is 2.22. The summed E-state index contributed by atoms with van der Waals surface area (Å²) in [4.78, 5) is 11.1. The third-order valence-electron chi connectivity index (χ3n) is 2.13. The molecule has 1 aliphatic heterocycles. The molecule has 0 spiro atoms. The molecule has 1 N–H and O–H groups in total. The molecule has 0 unspecified atom stereocenters. The molecule has 1 aromatic carbocycles. The molecule has 0 bridgehead atoms. The highest BCUT2D eigenvalue weighted by atomic mass is 127. The molecule has 1 saturated heterocycles. The number of morpholine rings is 1. The molecule has 4 heteroatoms. The van der Waals surface area contributed by atoms with Gasteiger partial charge in [-0.25, -0.2) is 0 Å². The second kappa shape index (κ2) is 4.27. The number of nitrogens with one attached hydrogen (secondary N) is 1. The van der Waals surface area contributed by atoms with Crippen LogP contribution < -0.4 is 5.32 Å². The lowest BCUT2D eigenvalue weighted by Crippen LogP contribution is -2.40. The van der Waals surface area contributed by atoms with E-state index in [9.17, 15) is 4.79 Å². The predicted octanol–water partition coefficient (Wildman–Crippen LogP) is 1.48. The van der Waals surface area contributed by atoms with Crippen LogP contribution in [0.15, 0.2) is 24.3 Å². The summed E-state index contributed by atoms with van der Waals surface area (Å²) in [5.74, 6) is -0.0408. The van der Waals surface area contributed by atoms with Gasteiger partial charge in [0.2, 0.25) is 5.91 Å². The lowest BCUT2D eigenvalue weighted by Gasteiger charge is -2.24. The molecule has 1 atom stereocenters. The topological polar surface area (TPSA) is 38.3 Å². The molecular formula is C10H10INO2. The van der Waals surface area contributed by atoms with Gasteiger partial charge >= 0.3 is 0 Å². The van der Waals surface area contributed by atoms with Crippen LogP contribution in [0.1, 0.15) is 11.6 Å². The van der Waals surface area contributed by atoms with E-state index in [1.165, 1.54) is 0 Å². The Hall–Kier alpha value is -0.620. The normalized spacial score (nSPS) is 21.8. The molecule has 1 aliphatic rings. The van der Waals surface area contributed by atoms with Crippen LogP contribution in [0, 0.1) is 3.57 Å². The quantitative estimate of drug-likeness (QED) is 0.798. The Morgan fingerprint density at radius 1 is 1.43 bits per heavy atom. The van der Waals surface area contributed by atoms with Crippen LogP contribution >= 0.6 is 22.6 Å². The number of hydrogen-bond donors (Lipinski definition) is 1. The molecule has 1 amide bonds. The first-order valence-electron chi connectivity index (χ1n) is 4.39. The first kappa shape index (κ1) is 9.92. The molecule has 0 saturated carbocycles. The SMILES string of the molecule is O=C1COC[C@@H](c2ccccc2I)N1. The summed E-state index contributed by atoms with van der Waals surface area (Å²) in [5.41, 5.74) is 1.13. The predicted molar refractivity (Wildman–Crippen MR) is 60.9 cm³/mol. The Labute approximate surface area is 96.0 Å². The second-order valence-electron chi connectivity index (χ2n) is 3.16. The molecule has 74 valence electrons. The monoisotopic (exact) mass is 303 g/mol. The zero-order valence-electron chi connectivity index (χ0n) is 7.50. The Bertz CT molecular complexity index is 354. The summed E-state index contributed by atoms with van der Waals surface area (Å²) in [6, 6.07) is 8.00. The van der Waals surface area contributed by atoms with Crippen molar-refractivity contribution in [1.82, 2.24) is 5.32 Å². The number of carbonyl (C=O) groups excluding carboxylic acids is 1. The van der Waals surface area contributed by atoms with Crippen molar-refractivity contribution in [2.24, 2.45) is 0 Å². The van der Waals surface area contributed by atoms with Gasteiger partial charge < -0.3 is 10.1 Å². The molecule has 14 heavy (non-hydrogen) atoms. The van der Waals surface area contributed by atoms with E-state index < -0.39 is 0 Å². The van der Waals surface area contributed by atoms with Gasteiger partial charge in [-0.1, -0.05) is 18.2 Å². The van der Waals surface area contributed by atoms with Crippen molar-refractivity contribution in [2.45, 2.75) is 6.04 Å². The highest BCUT2D eigenvalue weighted by Crippen LogP contribution is 2.21. The molecule has 0 radical (unpaired) electrons. The molecule has 1 aromatic rings. The van der Waals surface area contributed by atoms with Crippen molar-refractivity contribution in [3.63, 3.8) is 0 Å². The molecule has 3 nitrogen and oxygen atoms in total. The Morgan fingerprint density at radius 3 is 2.93 bits per heavy atom. The summed E-state index contributed by atoms with van der Waals surface area (Å²) < 4.78 is 6.34. The maximum Gasteiger partial charge on any atom is 0.246 e. The van der Waals surface area contributed by atoms with Crippen LogP contribution in [0.2, 0.25) is 0 Å². The number of carbonyl (C=O) groups is 1. The summed E-state index contributed by atoms with van der Waals surface area (Å²) in [5, 5.41) is 2.90. The van der Waals surface area contributed by atoms with Crippen molar-refractivity contribution in [3.8, 4) is 0 Å². The fraction of sp³-hybridized carbons (Fsp3) is 0.300. The summed E-state index contributed by atoms with van der Waals surface area (Å²) in [6.45, 7) is 0.742. The fourth-order valence-electron chi connectivity index (χ4n) is 1.47. The average Bonchev–Trinajstić information content (AvgIpc) is 2.18. The van der Waals surface area contributed by atoms with Gasteiger partial charge in [-0.3, -0.25) is 4.79 Å². The van der Waals surface area contributed by atoms with E-state index in [1.807, 2.05) is 24.3 Å². The van der Waals surface area contributed by atoms with Crippen molar-refractivity contribution in [2.75, 3.05) is 13.2 Å². The third-order valence-corrected chi connectivity index (χ3v) is 3.12. The molecule has 1 fully saturated rings. The van der Waals surface area contributed by atoms with Crippen molar-refractivity contribution in [3.05, 3.63) is 33.4 Å². The minimum atomic E-state index is -0.0408. The van der Waals surface area contributed by atoms with Gasteiger partial charge in [0.05, 0.1) is 12.6 Å². The van der Waals surface area contributed by atoms with Crippen molar-refractivity contribution >= 4 is 28.5 Å². The highest BCUT2D eigenvalue weighted by Gasteiger charge is 2.21. The van der Waals surface area contributed by atoms with E-state index >= 15 is 0 Å². The van der Waals surface area contributed by atoms with E-state index in [4.69, 9.17) is 4.74 Å². The Morgan fingerprint density at radius 2 is 2.21 bits per heavy atom. The van der Waals surface area contributed by atoms with E-state index in [0.717, 1.165) is 9.13 Å². The number of halogens is 1. The Kier molecular flexibility index (Phi) is 3.02. The van der Waals surface area contributed by atoms with Crippen LogP contribution in [0.5, 0.6) is 0 Å². The molecule has 0 aromatic heterocycles. The van der Waals surface area contributed by atoms with Gasteiger partial charge in [0.15, 0.2) is 0 Å². The minimum Gasteiger partial charge on any atom is -0.369 e. The van der Waals surface area contributed by atoms with E-state index in [2.05, 4.69) is 27.9 Å². The highest BCUT2D eigenvalue weighted by molar-refractivity contribution is 14.1. The number of rotatable bonds is 1. The van der Waals surface area contributed by atoms with Gasteiger partial charge in [0, 0.05) is 3.57 Å². The maximum absolute atomic E-state index is 11.1. The van der Waals surface area contributed by atoms with Gasteiger partial charge in [-0.15, -0.1) is 0 Å². The maximum atomic E-state index is 11.1. The zero-order valence-corrected chi connectivity index (χ0v) is 9.65. The third kappa shape index (κ3) is 2.06. The first-order chi connectivity index (χ1) is 6.77. The number of amides is 1. The van der Waals surface area contributed by atoms with Crippen LogP contribution in [0.4, 0.5) is 0 Å².